The molecule has 3 heterocycles. The van der Waals surface area contributed by atoms with Gasteiger partial charge < -0.3 is 4.98 Å². The Morgan fingerprint density at radius 2 is 2.04 bits per heavy atom. The molecule has 2 aromatic heterocycles. The summed E-state index contributed by atoms with van der Waals surface area (Å²) >= 11 is 0. The van der Waals surface area contributed by atoms with Gasteiger partial charge in [0.15, 0.2) is 0 Å². The van der Waals surface area contributed by atoms with Gasteiger partial charge in [0.1, 0.15) is 10.7 Å². The monoisotopic (exact) mass is 394 g/mol. The molecular formula is C18H30N6O2S. The van der Waals surface area contributed by atoms with Gasteiger partial charge in [0, 0.05) is 38.6 Å². The molecule has 9 heteroatoms. The highest BCUT2D eigenvalue weighted by atomic mass is 32.2. The van der Waals surface area contributed by atoms with Crippen LogP contribution in [-0.2, 0) is 16.6 Å². The lowest BCUT2D eigenvalue weighted by Gasteiger charge is -2.39. The Hall–Kier alpha value is -1.71. The molecule has 1 saturated heterocycles. The predicted octanol–water partition coefficient (Wildman–Crippen LogP) is 1.95. The summed E-state index contributed by atoms with van der Waals surface area (Å²) in [4.78, 5) is 10.1. The number of aryl methyl sites for hydroxylation is 1. The van der Waals surface area contributed by atoms with E-state index in [0.29, 0.717) is 48.4 Å². The van der Waals surface area contributed by atoms with Crippen LogP contribution in [0.1, 0.15) is 44.0 Å². The maximum atomic E-state index is 13.5. The van der Waals surface area contributed by atoms with Crippen LogP contribution in [-0.4, -0.2) is 63.6 Å². The third-order valence-corrected chi connectivity index (χ3v) is 7.26. The van der Waals surface area contributed by atoms with Crippen LogP contribution in [0, 0.1) is 19.8 Å². The van der Waals surface area contributed by atoms with Gasteiger partial charge in [-0.2, -0.15) is 9.40 Å². The van der Waals surface area contributed by atoms with E-state index in [4.69, 9.17) is 0 Å². The predicted molar refractivity (Wildman–Crippen MR) is 104 cm³/mol. The normalized spacial score (nSPS) is 19.9. The average molecular weight is 395 g/mol. The second-order valence-corrected chi connectivity index (χ2v) is 9.43. The number of aromatic nitrogens is 4. The van der Waals surface area contributed by atoms with E-state index in [9.17, 15) is 8.42 Å². The molecule has 8 nitrogen and oxygen atoms in total. The quantitative estimate of drug-likeness (QED) is 0.809. The number of nitrogens with one attached hydrogen (secondary N) is 1. The van der Waals surface area contributed by atoms with Gasteiger partial charge in [-0.15, -0.1) is 0 Å². The van der Waals surface area contributed by atoms with Crippen molar-refractivity contribution in [2.75, 3.05) is 26.2 Å². The van der Waals surface area contributed by atoms with Crippen molar-refractivity contribution in [1.82, 2.24) is 29.0 Å². The van der Waals surface area contributed by atoms with E-state index in [-0.39, 0.29) is 6.04 Å². The van der Waals surface area contributed by atoms with E-state index < -0.39 is 10.0 Å². The Labute approximate surface area is 161 Å². The Morgan fingerprint density at radius 3 is 2.63 bits per heavy atom. The van der Waals surface area contributed by atoms with Gasteiger partial charge in [0.25, 0.3) is 0 Å². The first kappa shape index (κ1) is 20.0. The highest BCUT2D eigenvalue weighted by Gasteiger charge is 2.38. The molecular weight excluding hydrogens is 364 g/mol. The van der Waals surface area contributed by atoms with Crippen molar-refractivity contribution in [3.8, 4) is 0 Å². The number of imidazole rings is 1. The number of rotatable bonds is 6. The zero-order chi connectivity index (χ0) is 19.8. The average Bonchev–Trinajstić information content (AvgIpc) is 3.22. The number of sulfonamides is 1. The van der Waals surface area contributed by atoms with E-state index in [0.717, 1.165) is 12.4 Å². The molecule has 0 aliphatic carbocycles. The first-order chi connectivity index (χ1) is 12.8. The molecule has 0 saturated carbocycles. The third-order valence-electron chi connectivity index (χ3n) is 5.15. The summed E-state index contributed by atoms with van der Waals surface area (Å²) in [5.74, 6) is 1.20. The number of hydrogen-bond acceptors (Lipinski definition) is 5. The number of piperazine rings is 1. The van der Waals surface area contributed by atoms with Crippen LogP contribution in [0.4, 0.5) is 0 Å². The third kappa shape index (κ3) is 3.81. The number of nitrogens with zero attached hydrogens (tertiary/aromatic N) is 5. The Bertz CT molecular complexity index is 872. The van der Waals surface area contributed by atoms with E-state index in [2.05, 4.69) is 40.7 Å². The van der Waals surface area contributed by atoms with Crippen molar-refractivity contribution in [3.05, 3.63) is 29.6 Å². The molecule has 27 heavy (non-hydrogen) atoms. The molecule has 1 aliphatic rings. The molecule has 0 amide bonds. The lowest BCUT2D eigenvalue weighted by molar-refractivity contribution is 0.119. The van der Waals surface area contributed by atoms with E-state index >= 15 is 0 Å². The Kier molecular flexibility index (Phi) is 5.73. The largest absolute Gasteiger partial charge is 0.347 e. The van der Waals surface area contributed by atoms with E-state index in [1.807, 2.05) is 11.6 Å². The summed E-state index contributed by atoms with van der Waals surface area (Å²) < 4.78 is 30.3. The Balaban J connectivity index is 1.92. The van der Waals surface area contributed by atoms with Crippen molar-refractivity contribution in [2.24, 2.45) is 5.92 Å². The maximum Gasteiger partial charge on any atom is 0.246 e. The number of aromatic amines is 1. The molecule has 0 spiro atoms. The SMILES string of the molecule is CCN1CCN(S(=O)(=O)c2c(C)nn(CC(C)C)c2C)C[C@H]1c1ncc[nH]1. The molecule has 0 aromatic carbocycles. The standard InChI is InChI=1S/C18H30N6O2S/c1-6-22-9-10-23(12-16(22)18-19-7-8-20-18)27(25,26)17-14(4)21-24(15(17)5)11-13(2)3/h7-8,13,16H,6,9-12H2,1-5H3,(H,19,20)/t16-/m0/s1. The summed E-state index contributed by atoms with van der Waals surface area (Å²) in [6.45, 7) is 13.0. The first-order valence-corrected chi connectivity index (χ1v) is 11.0. The van der Waals surface area contributed by atoms with Gasteiger partial charge in [0.05, 0.1) is 17.4 Å². The summed E-state index contributed by atoms with van der Waals surface area (Å²) in [5.41, 5.74) is 1.29. The zero-order valence-corrected chi connectivity index (χ0v) is 17.6. The Morgan fingerprint density at radius 1 is 1.30 bits per heavy atom. The van der Waals surface area contributed by atoms with Gasteiger partial charge in [-0.1, -0.05) is 20.8 Å². The lowest BCUT2D eigenvalue weighted by atomic mass is 10.2. The lowest BCUT2D eigenvalue weighted by Crippen LogP contribution is -2.50. The fourth-order valence-corrected chi connectivity index (χ4v) is 5.63. The fraction of sp³-hybridized carbons (Fsp3) is 0.667. The van der Waals surface area contributed by atoms with Gasteiger partial charge in [-0.05, 0) is 26.3 Å². The molecule has 150 valence electrons. The van der Waals surface area contributed by atoms with Gasteiger partial charge in [-0.3, -0.25) is 9.58 Å². The molecule has 0 bridgehead atoms. The van der Waals surface area contributed by atoms with Gasteiger partial charge in [-0.25, -0.2) is 13.4 Å². The maximum absolute atomic E-state index is 13.5. The smallest absolute Gasteiger partial charge is 0.246 e. The van der Waals surface area contributed by atoms with Crippen molar-refractivity contribution < 1.29 is 8.42 Å². The highest BCUT2D eigenvalue weighted by Crippen LogP contribution is 2.29. The number of hydrogen-bond donors (Lipinski definition) is 1. The van der Waals surface area contributed by atoms with Crippen molar-refractivity contribution in [2.45, 2.75) is 52.1 Å². The van der Waals surface area contributed by atoms with E-state index in [1.54, 1.807) is 23.6 Å². The molecule has 1 atom stereocenters. The minimum Gasteiger partial charge on any atom is -0.347 e. The molecule has 1 N–H and O–H groups in total. The first-order valence-electron chi connectivity index (χ1n) is 9.53. The molecule has 2 aromatic rings. The summed E-state index contributed by atoms with van der Waals surface area (Å²) in [7, 11) is -3.61. The van der Waals surface area contributed by atoms with Crippen molar-refractivity contribution in [1.29, 1.82) is 0 Å². The van der Waals surface area contributed by atoms with Crippen LogP contribution in [0.15, 0.2) is 17.3 Å². The minimum absolute atomic E-state index is 0.0696. The van der Waals surface area contributed by atoms with Crippen LogP contribution >= 0.6 is 0 Å². The molecule has 0 radical (unpaired) electrons. The fourth-order valence-electron chi connectivity index (χ4n) is 3.82. The minimum atomic E-state index is -3.61. The van der Waals surface area contributed by atoms with Crippen LogP contribution < -0.4 is 0 Å². The molecule has 3 rings (SSSR count). The topological polar surface area (TPSA) is 87.1 Å². The number of likely N-dealkylation sites (N-methyl/N-ethyl adjacent to an activating group) is 1. The summed E-state index contributed by atoms with van der Waals surface area (Å²) in [5, 5.41) is 4.49. The van der Waals surface area contributed by atoms with Crippen molar-refractivity contribution >= 4 is 10.0 Å². The second-order valence-electron chi connectivity index (χ2n) is 7.56. The van der Waals surface area contributed by atoms with Crippen molar-refractivity contribution in [3.63, 3.8) is 0 Å². The van der Waals surface area contributed by atoms with Gasteiger partial charge >= 0.3 is 0 Å². The molecule has 1 aliphatic heterocycles. The summed E-state index contributed by atoms with van der Waals surface area (Å²) in [6, 6.07) is -0.0696. The molecule has 1 fully saturated rings. The van der Waals surface area contributed by atoms with Crippen LogP contribution in [0.5, 0.6) is 0 Å². The van der Waals surface area contributed by atoms with Crippen LogP contribution in [0.25, 0.3) is 0 Å². The number of H-pyrrole nitrogens is 1. The molecule has 0 unspecified atom stereocenters. The highest BCUT2D eigenvalue weighted by molar-refractivity contribution is 7.89. The van der Waals surface area contributed by atoms with Crippen LogP contribution in [0.3, 0.4) is 0 Å². The van der Waals surface area contributed by atoms with Crippen LogP contribution in [0.2, 0.25) is 0 Å². The van der Waals surface area contributed by atoms with Gasteiger partial charge in [0.2, 0.25) is 10.0 Å². The van der Waals surface area contributed by atoms with E-state index in [1.165, 1.54) is 0 Å². The summed E-state index contributed by atoms with van der Waals surface area (Å²) in [6.07, 6.45) is 3.49. The second kappa shape index (κ2) is 7.73. The zero-order valence-electron chi connectivity index (χ0n) is 16.8.